The number of nitrogens with zero attached hydrogens (tertiary/aromatic N) is 1. The first-order chi connectivity index (χ1) is 32.1. The number of fused-ring (bicyclic) bond motifs is 6. The van der Waals surface area contributed by atoms with E-state index in [2.05, 4.69) is 237 Å². The fraction of sp³-hybridized carbons (Fsp3) is 0.0476. The lowest BCUT2D eigenvalue weighted by Crippen LogP contribution is -1.94. The van der Waals surface area contributed by atoms with E-state index < -0.39 is 0 Å². The average Bonchev–Trinajstić information content (AvgIpc) is 3.93. The number of para-hydroxylation sites is 3. The largest absolute Gasteiger partial charge is 0.455 e. The van der Waals surface area contributed by atoms with Crippen LogP contribution in [0.25, 0.3) is 105 Å². The molecule has 0 bridgehead atoms. The number of hydrogen-bond acceptors (Lipinski definition) is 1. The normalized spacial score (nSPS) is 10.6. The van der Waals surface area contributed by atoms with E-state index in [-0.39, 0.29) is 0 Å². The van der Waals surface area contributed by atoms with Crippen LogP contribution in [0.15, 0.2) is 255 Å². The Morgan fingerprint density at radius 2 is 0.785 bits per heavy atom. The van der Waals surface area contributed by atoms with Crippen molar-refractivity contribution >= 4 is 43.7 Å². The van der Waals surface area contributed by atoms with Crippen molar-refractivity contribution in [1.82, 2.24) is 4.57 Å². The van der Waals surface area contributed by atoms with Gasteiger partial charge in [0, 0.05) is 32.8 Å². The molecule has 9 aromatic carbocycles. The fourth-order valence-electron chi connectivity index (χ4n) is 8.46. The van der Waals surface area contributed by atoms with Gasteiger partial charge in [-0.05, 0) is 106 Å². The molecule has 2 heterocycles. The summed E-state index contributed by atoms with van der Waals surface area (Å²) >= 11 is 0. The zero-order chi connectivity index (χ0) is 45.1. The van der Waals surface area contributed by atoms with E-state index in [4.69, 9.17) is 4.42 Å². The summed E-state index contributed by atoms with van der Waals surface area (Å²) in [4.78, 5) is 0. The summed E-state index contributed by atoms with van der Waals surface area (Å²) < 4.78 is 9.04. The summed E-state index contributed by atoms with van der Waals surface area (Å²) in [7, 11) is 0. The average molecular weight is 840 g/mol. The number of furan rings is 1. The molecule has 0 unspecified atom stereocenters. The second-order valence-electron chi connectivity index (χ2n) is 15.4. The van der Waals surface area contributed by atoms with Crippen LogP contribution in [0.2, 0.25) is 0 Å². The first-order valence-corrected chi connectivity index (χ1v) is 22.3. The van der Waals surface area contributed by atoms with Crippen LogP contribution in [-0.2, 0) is 0 Å². The molecule has 0 amide bonds. The summed E-state index contributed by atoms with van der Waals surface area (Å²) in [6, 6.07) is 76.3. The van der Waals surface area contributed by atoms with E-state index in [0.29, 0.717) is 0 Å². The van der Waals surface area contributed by atoms with E-state index in [1.807, 2.05) is 20.8 Å². The van der Waals surface area contributed by atoms with Crippen LogP contribution in [-0.4, -0.2) is 4.57 Å². The Kier molecular flexibility index (Phi) is 13.6. The van der Waals surface area contributed by atoms with Crippen LogP contribution in [0.1, 0.15) is 20.8 Å². The Hall–Kier alpha value is -8.20. The first-order valence-electron chi connectivity index (χ1n) is 22.3. The van der Waals surface area contributed by atoms with E-state index in [1.54, 1.807) is 18.2 Å². The van der Waals surface area contributed by atoms with E-state index in [0.717, 1.165) is 44.3 Å². The van der Waals surface area contributed by atoms with Crippen molar-refractivity contribution < 1.29 is 4.42 Å². The first kappa shape index (κ1) is 43.4. The quantitative estimate of drug-likeness (QED) is 0.115. The van der Waals surface area contributed by atoms with E-state index >= 15 is 0 Å². The third-order valence-electron chi connectivity index (χ3n) is 11.4. The smallest absolute Gasteiger partial charge is 0.143 e. The fourth-order valence-corrected chi connectivity index (χ4v) is 8.46. The maximum absolute atomic E-state index is 6.67. The van der Waals surface area contributed by atoms with Crippen molar-refractivity contribution in [3.63, 3.8) is 0 Å². The number of allylic oxidation sites excluding steroid dienone is 3. The van der Waals surface area contributed by atoms with Crippen LogP contribution in [0.5, 0.6) is 0 Å². The summed E-state index contributed by atoms with van der Waals surface area (Å²) in [5, 5.41) is 4.74. The van der Waals surface area contributed by atoms with Gasteiger partial charge in [0.15, 0.2) is 0 Å². The molecule has 65 heavy (non-hydrogen) atoms. The minimum absolute atomic E-state index is 0.886. The number of benzene rings is 9. The zero-order valence-corrected chi connectivity index (χ0v) is 37.4. The van der Waals surface area contributed by atoms with Crippen molar-refractivity contribution in [3.8, 4) is 61.3 Å². The van der Waals surface area contributed by atoms with Crippen molar-refractivity contribution in [2.24, 2.45) is 0 Å². The molecule has 0 aliphatic heterocycles. The molecule has 2 aromatic heterocycles. The molecular weight excluding hydrogens is 787 g/mol. The summed E-state index contributed by atoms with van der Waals surface area (Å²) in [5.74, 6) is 0. The highest BCUT2D eigenvalue weighted by atomic mass is 16.3. The van der Waals surface area contributed by atoms with Gasteiger partial charge >= 0.3 is 0 Å². The highest BCUT2D eigenvalue weighted by molar-refractivity contribution is 6.11. The second kappa shape index (κ2) is 20.3. The molecule has 11 rings (SSSR count). The molecule has 0 radical (unpaired) electrons. The van der Waals surface area contributed by atoms with Gasteiger partial charge in [0.25, 0.3) is 0 Å². The molecule has 0 fully saturated rings. The Bertz CT molecular complexity index is 3340. The standard InChI is InChI=1S/C54H35NO.C4H6.C3H6.C2H6/c1-2-12-36(13-3-1)37-26-28-38(29-27-37)39-14-8-15-40(32-39)41-16-9-17-42(33-41)43-30-31-53-50(35-43)49-23-11-22-46(54(49)56-53)44-18-10-19-45(34-44)55-51-24-6-4-20-47(51)48-21-5-7-25-52(48)55;1-3-4-2;1-3-2;1-2/h1-35H;3-4H,1-2H2;3H,1H2,2H3;1-2H3. The van der Waals surface area contributed by atoms with Gasteiger partial charge in [0.05, 0.1) is 11.0 Å². The van der Waals surface area contributed by atoms with Crippen LogP contribution in [0.3, 0.4) is 0 Å². The van der Waals surface area contributed by atoms with Crippen molar-refractivity contribution in [1.29, 1.82) is 0 Å². The lowest BCUT2D eigenvalue weighted by Gasteiger charge is -2.10. The summed E-state index contributed by atoms with van der Waals surface area (Å²) in [6.45, 7) is 16.0. The van der Waals surface area contributed by atoms with E-state index in [9.17, 15) is 0 Å². The van der Waals surface area contributed by atoms with Gasteiger partial charge in [-0.15, -0.1) is 6.58 Å². The highest BCUT2D eigenvalue weighted by Crippen LogP contribution is 2.40. The van der Waals surface area contributed by atoms with Crippen molar-refractivity contribution in [2.45, 2.75) is 20.8 Å². The van der Waals surface area contributed by atoms with Crippen LogP contribution < -0.4 is 0 Å². The van der Waals surface area contributed by atoms with Gasteiger partial charge in [-0.2, -0.15) is 0 Å². The van der Waals surface area contributed by atoms with Crippen LogP contribution in [0.4, 0.5) is 0 Å². The monoisotopic (exact) mass is 839 g/mol. The number of hydrogen-bond donors (Lipinski definition) is 0. The molecule has 2 heteroatoms. The molecule has 0 atom stereocenters. The maximum Gasteiger partial charge on any atom is 0.143 e. The van der Waals surface area contributed by atoms with Gasteiger partial charge in [-0.1, -0.05) is 209 Å². The van der Waals surface area contributed by atoms with E-state index in [1.165, 1.54) is 60.8 Å². The molecule has 0 N–H and O–H groups in total. The molecule has 316 valence electrons. The van der Waals surface area contributed by atoms with Crippen molar-refractivity contribution in [3.05, 3.63) is 250 Å². The SMILES string of the molecule is C=CC.C=CC=C.CC.c1ccc(-c2ccc(-c3cccc(-c4cccc(-c5ccc6oc7c(-c8cccc(-n9c%10ccccc%10c%10ccccc%109)c8)cccc7c6c5)c4)c3)cc2)cc1. The maximum atomic E-state index is 6.67. The lowest BCUT2D eigenvalue weighted by molar-refractivity contribution is 0.670. The van der Waals surface area contributed by atoms with Crippen molar-refractivity contribution in [2.75, 3.05) is 0 Å². The third kappa shape index (κ3) is 9.02. The molecule has 0 saturated heterocycles. The number of rotatable bonds is 7. The third-order valence-corrected chi connectivity index (χ3v) is 11.4. The molecule has 0 saturated carbocycles. The second-order valence-corrected chi connectivity index (χ2v) is 15.4. The minimum atomic E-state index is 0.886. The molecule has 0 spiro atoms. The van der Waals surface area contributed by atoms with Gasteiger partial charge in [-0.25, -0.2) is 0 Å². The Balaban J connectivity index is 0.000000594. The predicted molar refractivity (Wildman–Crippen MR) is 283 cm³/mol. The highest BCUT2D eigenvalue weighted by Gasteiger charge is 2.16. The molecule has 0 aliphatic rings. The molecule has 2 nitrogen and oxygen atoms in total. The van der Waals surface area contributed by atoms with Gasteiger partial charge < -0.3 is 8.98 Å². The summed E-state index contributed by atoms with van der Waals surface area (Å²) in [5.41, 5.74) is 17.1. The summed E-state index contributed by atoms with van der Waals surface area (Å²) in [6.07, 6.45) is 5.03. The molecular formula is C63H53NO. The minimum Gasteiger partial charge on any atom is -0.455 e. The molecule has 0 aliphatic carbocycles. The van der Waals surface area contributed by atoms with Crippen LogP contribution in [0, 0.1) is 0 Å². The number of aromatic nitrogens is 1. The Labute approximate surface area is 383 Å². The Morgan fingerprint density at radius 3 is 1.37 bits per heavy atom. The lowest BCUT2D eigenvalue weighted by atomic mass is 9.95. The van der Waals surface area contributed by atoms with Crippen LogP contribution >= 0.6 is 0 Å². The molecule has 11 aromatic rings. The van der Waals surface area contributed by atoms with Gasteiger partial charge in [-0.3, -0.25) is 0 Å². The Morgan fingerprint density at radius 1 is 0.369 bits per heavy atom. The van der Waals surface area contributed by atoms with Gasteiger partial charge in [0.2, 0.25) is 0 Å². The zero-order valence-electron chi connectivity index (χ0n) is 37.4. The van der Waals surface area contributed by atoms with Gasteiger partial charge in [0.1, 0.15) is 11.2 Å². The predicted octanol–water partition coefficient (Wildman–Crippen LogP) is 18.6. The topological polar surface area (TPSA) is 18.1 Å².